The van der Waals surface area contributed by atoms with Crippen LogP contribution in [-0.2, 0) is 0 Å². The van der Waals surface area contributed by atoms with Crippen LogP contribution in [0.3, 0.4) is 0 Å². The van der Waals surface area contributed by atoms with Gasteiger partial charge in [0.2, 0.25) is 17.6 Å². The van der Waals surface area contributed by atoms with Gasteiger partial charge in [-0.15, -0.1) is 0 Å². The standard InChI is InChI=1S/C23H23N7O3/c1-3-32-21-17(6-4-10-24-21)20-27-22(33-28-20)18-7-5-13-29(18)23(31)16-9-8-15(2)14-19(16)30-25-11-12-26-30/h4,6,8-12,14,18H,3,5,7,13H2,1-2H3/t18-/m0/s1. The van der Waals surface area contributed by atoms with Gasteiger partial charge < -0.3 is 14.2 Å². The Balaban J connectivity index is 1.45. The summed E-state index contributed by atoms with van der Waals surface area (Å²) in [5.74, 6) is 1.11. The van der Waals surface area contributed by atoms with E-state index in [0.717, 1.165) is 18.4 Å². The zero-order valence-electron chi connectivity index (χ0n) is 18.4. The van der Waals surface area contributed by atoms with E-state index in [1.54, 1.807) is 29.6 Å². The van der Waals surface area contributed by atoms with E-state index in [1.807, 2.05) is 38.1 Å². The molecule has 0 N–H and O–H groups in total. The summed E-state index contributed by atoms with van der Waals surface area (Å²) in [6, 6.07) is 8.94. The van der Waals surface area contributed by atoms with Crippen LogP contribution >= 0.6 is 0 Å². The molecule has 5 rings (SSSR count). The topological polar surface area (TPSA) is 112 Å². The lowest BCUT2D eigenvalue weighted by Gasteiger charge is -2.23. The van der Waals surface area contributed by atoms with Crippen molar-refractivity contribution >= 4 is 5.91 Å². The van der Waals surface area contributed by atoms with Gasteiger partial charge in [0.05, 0.1) is 35.8 Å². The number of amides is 1. The first-order valence-electron chi connectivity index (χ1n) is 10.9. The van der Waals surface area contributed by atoms with E-state index in [4.69, 9.17) is 9.26 Å². The van der Waals surface area contributed by atoms with Gasteiger partial charge in [-0.05, 0) is 56.5 Å². The van der Waals surface area contributed by atoms with Crippen LogP contribution < -0.4 is 4.74 Å². The maximum Gasteiger partial charge on any atom is 0.256 e. The molecule has 33 heavy (non-hydrogen) atoms. The van der Waals surface area contributed by atoms with Crippen LogP contribution in [0.5, 0.6) is 5.88 Å². The Kier molecular flexibility index (Phi) is 5.55. The summed E-state index contributed by atoms with van der Waals surface area (Å²) in [5, 5.41) is 12.6. The molecule has 0 aliphatic carbocycles. The average Bonchev–Trinajstić information content (AvgIpc) is 3.61. The number of benzene rings is 1. The van der Waals surface area contributed by atoms with Crippen molar-refractivity contribution in [3.05, 3.63) is 65.9 Å². The molecule has 1 amide bonds. The number of ether oxygens (including phenoxy) is 1. The van der Waals surface area contributed by atoms with Gasteiger partial charge in [-0.3, -0.25) is 4.79 Å². The maximum atomic E-state index is 13.6. The van der Waals surface area contributed by atoms with Crippen LogP contribution in [0.4, 0.5) is 0 Å². The second-order valence-electron chi connectivity index (χ2n) is 7.74. The van der Waals surface area contributed by atoms with Crippen LogP contribution in [0.25, 0.3) is 17.1 Å². The third-order valence-electron chi connectivity index (χ3n) is 5.55. The highest BCUT2D eigenvalue weighted by atomic mass is 16.5. The van der Waals surface area contributed by atoms with E-state index in [0.29, 0.717) is 47.6 Å². The van der Waals surface area contributed by atoms with Gasteiger partial charge in [0.1, 0.15) is 6.04 Å². The zero-order chi connectivity index (χ0) is 22.8. The van der Waals surface area contributed by atoms with E-state index in [-0.39, 0.29) is 11.9 Å². The predicted molar refractivity (Wildman–Crippen MR) is 118 cm³/mol. The fourth-order valence-corrected chi connectivity index (χ4v) is 4.04. The van der Waals surface area contributed by atoms with Crippen molar-refractivity contribution in [1.82, 2.24) is 35.0 Å². The van der Waals surface area contributed by atoms with Crippen molar-refractivity contribution in [2.45, 2.75) is 32.7 Å². The number of rotatable bonds is 6. The highest BCUT2D eigenvalue weighted by molar-refractivity contribution is 5.98. The molecule has 1 aromatic carbocycles. The molecule has 0 spiro atoms. The molecule has 1 fully saturated rings. The van der Waals surface area contributed by atoms with Gasteiger partial charge in [0, 0.05) is 12.7 Å². The molecule has 0 unspecified atom stereocenters. The number of aromatic nitrogens is 6. The normalized spacial score (nSPS) is 15.7. The molecule has 4 heterocycles. The van der Waals surface area contributed by atoms with Crippen molar-refractivity contribution in [2.75, 3.05) is 13.2 Å². The van der Waals surface area contributed by atoms with Gasteiger partial charge in [-0.1, -0.05) is 11.2 Å². The molecule has 1 atom stereocenters. The lowest BCUT2D eigenvalue weighted by molar-refractivity contribution is 0.0709. The zero-order valence-corrected chi connectivity index (χ0v) is 18.4. The molecule has 10 nitrogen and oxygen atoms in total. The lowest BCUT2D eigenvalue weighted by Crippen LogP contribution is -2.31. The second kappa shape index (κ2) is 8.81. The number of aryl methyl sites for hydroxylation is 1. The highest BCUT2D eigenvalue weighted by Gasteiger charge is 2.36. The second-order valence-corrected chi connectivity index (χ2v) is 7.74. The summed E-state index contributed by atoms with van der Waals surface area (Å²) in [6.45, 7) is 4.93. The molecule has 0 radical (unpaired) electrons. The van der Waals surface area contributed by atoms with E-state index in [9.17, 15) is 4.79 Å². The Bertz CT molecular complexity index is 1270. The Labute approximate surface area is 190 Å². The molecule has 1 saturated heterocycles. The molecule has 168 valence electrons. The largest absolute Gasteiger partial charge is 0.477 e. The maximum absolute atomic E-state index is 13.6. The predicted octanol–water partition coefficient (Wildman–Crippen LogP) is 3.40. The van der Waals surface area contributed by atoms with Gasteiger partial charge in [0.25, 0.3) is 5.91 Å². The third-order valence-corrected chi connectivity index (χ3v) is 5.55. The Morgan fingerprint density at radius 3 is 2.88 bits per heavy atom. The van der Waals surface area contributed by atoms with Gasteiger partial charge in [-0.25, -0.2) is 4.98 Å². The molecule has 10 heteroatoms. The fraction of sp³-hybridized carbons (Fsp3) is 0.304. The van der Waals surface area contributed by atoms with Gasteiger partial charge in [-0.2, -0.15) is 20.0 Å². The monoisotopic (exact) mass is 445 g/mol. The number of nitrogens with zero attached hydrogens (tertiary/aromatic N) is 7. The summed E-state index contributed by atoms with van der Waals surface area (Å²) < 4.78 is 11.2. The average molecular weight is 445 g/mol. The molecule has 0 saturated carbocycles. The summed E-state index contributed by atoms with van der Waals surface area (Å²) in [6.07, 6.45) is 6.40. The summed E-state index contributed by atoms with van der Waals surface area (Å²) in [7, 11) is 0. The van der Waals surface area contributed by atoms with Crippen molar-refractivity contribution in [3.8, 4) is 23.0 Å². The van der Waals surface area contributed by atoms with Crippen LogP contribution in [0.15, 0.2) is 53.4 Å². The van der Waals surface area contributed by atoms with Crippen LogP contribution in [0.2, 0.25) is 0 Å². The molecular formula is C23H23N7O3. The molecule has 3 aromatic heterocycles. The van der Waals surface area contributed by atoms with Crippen molar-refractivity contribution in [3.63, 3.8) is 0 Å². The number of likely N-dealkylation sites (tertiary alicyclic amines) is 1. The lowest BCUT2D eigenvalue weighted by atomic mass is 10.1. The van der Waals surface area contributed by atoms with Gasteiger partial charge in [0.15, 0.2) is 0 Å². The first-order valence-corrected chi connectivity index (χ1v) is 10.9. The van der Waals surface area contributed by atoms with E-state index < -0.39 is 0 Å². The molecule has 1 aliphatic rings. The first kappa shape index (κ1) is 20.8. The Hall–Kier alpha value is -4.08. The minimum absolute atomic E-state index is 0.124. The Morgan fingerprint density at radius 1 is 1.21 bits per heavy atom. The number of carbonyl (C=O) groups is 1. The smallest absolute Gasteiger partial charge is 0.256 e. The molecule has 4 aromatic rings. The summed E-state index contributed by atoms with van der Waals surface area (Å²) in [5.41, 5.74) is 2.82. The van der Waals surface area contributed by atoms with Crippen molar-refractivity contribution < 1.29 is 14.1 Å². The SMILES string of the molecule is CCOc1ncccc1-c1noc([C@@H]2CCCN2C(=O)c2ccc(C)cc2-n2nccn2)n1. The molecular weight excluding hydrogens is 422 g/mol. The third kappa shape index (κ3) is 3.95. The van der Waals surface area contributed by atoms with Gasteiger partial charge >= 0.3 is 0 Å². The van der Waals surface area contributed by atoms with E-state index in [1.165, 1.54) is 4.80 Å². The highest BCUT2D eigenvalue weighted by Crippen LogP contribution is 2.35. The molecule has 0 bridgehead atoms. The summed E-state index contributed by atoms with van der Waals surface area (Å²) in [4.78, 5) is 25.7. The fourth-order valence-electron chi connectivity index (χ4n) is 4.04. The van der Waals surface area contributed by atoms with Crippen LogP contribution in [0.1, 0.15) is 47.6 Å². The van der Waals surface area contributed by atoms with E-state index in [2.05, 4.69) is 25.3 Å². The number of hydrogen-bond acceptors (Lipinski definition) is 8. The quantitative estimate of drug-likeness (QED) is 0.444. The number of pyridine rings is 1. The van der Waals surface area contributed by atoms with Crippen LogP contribution in [0, 0.1) is 6.92 Å². The minimum Gasteiger partial charge on any atom is -0.477 e. The summed E-state index contributed by atoms with van der Waals surface area (Å²) >= 11 is 0. The number of hydrogen-bond donors (Lipinski definition) is 0. The number of carbonyl (C=O) groups excluding carboxylic acids is 1. The van der Waals surface area contributed by atoms with Crippen molar-refractivity contribution in [1.29, 1.82) is 0 Å². The first-order chi connectivity index (χ1) is 16.2. The van der Waals surface area contributed by atoms with E-state index >= 15 is 0 Å². The Morgan fingerprint density at radius 2 is 2.06 bits per heavy atom. The van der Waals surface area contributed by atoms with Crippen molar-refractivity contribution in [2.24, 2.45) is 0 Å². The minimum atomic E-state index is -0.314. The van der Waals surface area contributed by atoms with Crippen LogP contribution in [-0.4, -0.2) is 54.1 Å². The molecule has 1 aliphatic heterocycles.